The molecule has 6 heteroatoms. The summed E-state index contributed by atoms with van der Waals surface area (Å²) >= 11 is 1.81. The molecule has 1 N–H and O–H groups in total. The molecule has 0 saturated heterocycles. The van der Waals surface area contributed by atoms with Gasteiger partial charge in [0.2, 0.25) is 0 Å². The number of amides is 2. The first-order chi connectivity index (χ1) is 15.0. The van der Waals surface area contributed by atoms with Crippen LogP contribution < -0.4 is 5.32 Å². The Morgan fingerprint density at radius 1 is 1.13 bits per heavy atom. The van der Waals surface area contributed by atoms with E-state index in [0.717, 1.165) is 18.4 Å². The van der Waals surface area contributed by atoms with Crippen molar-refractivity contribution in [1.29, 1.82) is 0 Å². The lowest BCUT2D eigenvalue weighted by atomic mass is 9.92. The molecule has 0 saturated carbocycles. The lowest BCUT2D eigenvalue weighted by molar-refractivity contribution is 0.0600. The fraction of sp³-hybridized carbons (Fsp3) is 0.280. The largest absolute Gasteiger partial charge is 0.465 e. The summed E-state index contributed by atoms with van der Waals surface area (Å²) in [5.74, 6) is -0.398. The molecular formula is C25H26N2O3S. The molecule has 0 aliphatic carbocycles. The molecule has 1 aliphatic heterocycles. The maximum absolute atomic E-state index is 13.3. The molecule has 0 radical (unpaired) electrons. The molecule has 4 rings (SSSR count). The Balaban J connectivity index is 1.64. The van der Waals surface area contributed by atoms with Gasteiger partial charge in [0.1, 0.15) is 0 Å². The van der Waals surface area contributed by atoms with E-state index in [2.05, 4.69) is 31.3 Å². The zero-order valence-electron chi connectivity index (χ0n) is 18.0. The SMILES string of the molecule is CCc1c(C)sc2c1CCN(C(=O)Nc1ccc(C(=O)OC)cc1)C2c1ccccc1. The van der Waals surface area contributed by atoms with Gasteiger partial charge in [-0.3, -0.25) is 0 Å². The molecular weight excluding hydrogens is 408 g/mol. The Kier molecular flexibility index (Phi) is 6.09. The molecule has 1 aliphatic rings. The first kappa shape index (κ1) is 21.1. The monoisotopic (exact) mass is 434 g/mol. The van der Waals surface area contributed by atoms with E-state index in [9.17, 15) is 9.59 Å². The fourth-order valence-corrected chi connectivity index (χ4v) is 5.74. The highest BCUT2D eigenvalue weighted by Crippen LogP contribution is 2.42. The number of nitrogens with one attached hydrogen (secondary N) is 1. The summed E-state index contributed by atoms with van der Waals surface area (Å²) in [7, 11) is 1.35. The second-order valence-electron chi connectivity index (χ2n) is 7.59. The molecule has 0 bridgehead atoms. The van der Waals surface area contributed by atoms with E-state index in [4.69, 9.17) is 4.74 Å². The van der Waals surface area contributed by atoms with E-state index in [-0.39, 0.29) is 12.1 Å². The van der Waals surface area contributed by atoms with Crippen LogP contribution in [0, 0.1) is 6.92 Å². The topological polar surface area (TPSA) is 58.6 Å². The van der Waals surface area contributed by atoms with Crippen LogP contribution in [0.2, 0.25) is 0 Å². The third kappa shape index (κ3) is 4.08. The van der Waals surface area contributed by atoms with Crippen molar-refractivity contribution in [3.63, 3.8) is 0 Å². The molecule has 0 spiro atoms. The highest BCUT2D eigenvalue weighted by atomic mass is 32.1. The van der Waals surface area contributed by atoms with Crippen molar-refractivity contribution >= 4 is 29.0 Å². The van der Waals surface area contributed by atoms with Gasteiger partial charge in [-0.25, -0.2) is 9.59 Å². The highest BCUT2D eigenvalue weighted by molar-refractivity contribution is 7.12. The maximum Gasteiger partial charge on any atom is 0.337 e. The number of carbonyl (C=O) groups is 2. The van der Waals surface area contributed by atoms with Crippen LogP contribution in [-0.4, -0.2) is 30.6 Å². The minimum absolute atomic E-state index is 0.108. The van der Waals surface area contributed by atoms with Crippen molar-refractivity contribution in [2.45, 2.75) is 32.7 Å². The molecule has 2 amide bonds. The predicted octanol–water partition coefficient (Wildman–Crippen LogP) is 5.59. The summed E-state index contributed by atoms with van der Waals surface area (Å²) in [4.78, 5) is 29.5. The quantitative estimate of drug-likeness (QED) is 0.545. The van der Waals surface area contributed by atoms with E-state index in [1.165, 1.54) is 28.0 Å². The molecule has 1 aromatic heterocycles. The van der Waals surface area contributed by atoms with Crippen molar-refractivity contribution in [1.82, 2.24) is 4.90 Å². The minimum Gasteiger partial charge on any atom is -0.465 e. The summed E-state index contributed by atoms with van der Waals surface area (Å²) in [6.45, 7) is 5.03. The molecule has 2 aromatic carbocycles. The van der Waals surface area contributed by atoms with Gasteiger partial charge >= 0.3 is 12.0 Å². The fourth-order valence-electron chi connectivity index (χ4n) is 4.30. The smallest absolute Gasteiger partial charge is 0.337 e. The van der Waals surface area contributed by atoms with E-state index >= 15 is 0 Å². The van der Waals surface area contributed by atoms with Crippen LogP contribution in [0.1, 0.15) is 49.8 Å². The standard InChI is InChI=1S/C25H26N2O3S/c1-4-20-16(2)31-23-21(20)14-15-27(22(23)17-8-6-5-7-9-17)25(29)26-19-12-10-18(11-13-19)24(28)30-3/h5-13,22H,4,14-15H2,1-3H3,(H,26,29). The second kappa shape index (κ2) is 8.94. The number of hydrogen-bond donors (Lipinski definition) is 1. The number of esters is 1. The summed E-state index contributed by atoms with van der Waals surface area (Å²) in [6.07, 6.45) is 1.87. The molecule has 3 aromatic rings. The number of thiophene rings is 1. The molecule has 1 atom stereocenters. The number of benzene rings is 2. The Bertz CT molecular complexity index is 1090. The number of fused-ring (bicyclic) bond motifs is 1. The Morgan fingerprint density at radius 2 is 1.84 bits per heavy atom. The van der Waals surface area contributed by atoms with Gasteiger partial charge in [0, 0.05) is 22.0 Å². The highest BCUT2D eigenvalue weighted by Gasteiger charge is 2.35. The van der Waals surface area contributed by atoms with Gasteiger partial charge in [0.15, 0.2) is 0 Å². The zero-order valence-corrected chi connectivity index (χ0v) is 18.8. The lowest BCUT2D eigenvalue weighted by Crippen LogP contribution is -2.42. The van der Waals surface area contributed by atoms with Gasteiger partial charge in [0.25, 0.3) is 0 Å². The summed E-state index contributed by atoms with van der Waals surface area (Å²) in [6, 6.07) is 16.7. The number of anilines is 1. The molecule has 160 valence electrons. The first-order valence-electron chi connectivity index (χ1n) is 10.5. The molecule has 0 fully saturated rings. The number of hydrogen-bond acceptors (Lipinski definition) is 4. The number of nitrogens with zero attached hydrogens (tertiary/aromatic N) is 1. The van der Waals surface area contributed by atoms with Crippen LogP contribution in [0.3, 0.4) is 0 Å². The molecule has 2 heterocycles. The van der Waals surface area contributed by atoms with Crippen LogP contribution in [0.4, 0.5) is 10.5 Å². The number of carbonyl (C=O) groups excluding carboxylic acids is 2. The van der Waals surface area contributed by atoms with Crippen LogP contribution in [-0.2, 0) is 17.6 Å². The van der Waals surface area contributed by atoms with Crippen molar-refractivity contribution < 1.29 is 14.3 Å². The third-order valence-corrected chi connectivity index (χ3v) is 7.04. The van der Waals surface area contributed by atoms with Crippen LogP contribution in [0.15, 0.2) is 54.6 Å². The van der Waals surface area contributed by atoms with Gasteiger partial charge in [-0.1, -0.05) is 37.3 Å². The van der Waals surface area contributed by atoms with Crippen LogP contribution >= 0.6 is 11.3 Å². The normalized spacial score (nSPS) is 15.3. The average molecular weight is 435 g/mol. The molecule has 5 nitrogen and oxygen atoms in total. The van der Waals surface area contributed by atoms with Gasteiger partial charge in [-0.05, 0) is 60.7 Å². The Labute approximate surface area is 186 Å². The van der Waals surface area contributed by atoms with Crippen molar-refractivity contribution in [2.24, 2.45) is 0 Å². The summed E-state index contributed by atoms with van der Waals surface area (Å²) in [5.41, 5.74) is 5.05. The van der Waals surface area contributed by atoms with Gasteiger partial charge in [-0.2, -0.15) is 0 Å². The Hall–Kier alpha value is -3.12. The molecule has 1 unspecified atom stereocenters. The summed E-state index contributed by atoms with van der Waals surface area (Å²) in [5, 5.41) is 3.00. The third-order valence-electron chi connectivity index (χ3n) is 5.80. The summed E-state index contributed by atoms with van der Waals surface area (Å²) < 4.78 is 4.74. The number of urea groups is 1. The zero-order chi connectivity index (χ0) is 22.0. The van der Waals surface area contributed by atoms with Gasteiger partial charge < -0.3 is 15.0 Å². The van der Waals surface area contributed by atoms with Gasteiger partial charge in [0.05, 0.1) is 18.7 Å². The van der Waals surface area contributed by atoms with Crippen LogP contribution in [0.25, 0.3) is 0 Å². The average Bonchev–Trinajstić information content (AvgIpc) is 3.13. The van der Waals surface area contributed by atoms with E-state index in [0.29, 0.717) is 17.8 Å². The van der Waals surface area contributed by atoms with Crippen molar-refractivity contribution in [3.05, 3.63) is 86.6 Å². The second-order valence-corrected chi connectivity index (χ2v) is 8.85. The number of methoxy groups -OCH3 is 1. The Morgan fingerprint density at radius 3 is 2.48 bits per heavy atom. The van der Waals surface area contributed by atoms with E-state index < -0.39 is 5.97 Å². The van der Waals surface area contributed by atoms with Crippen molar-refractivity contribution in [3.8, 4) is 0 Å². The van der Waals surface area contributed by atoms with E-state index in [1.54, 1.807) is 35.6 Å². The number of aryl methyl sites for hydroxylation is 1. The van der Waals surface area contributed by atoms with Crippen LogP contribution in [0.5, 0.6) is 0 Å². The van der Waals surface area contributed by atoms with Crippen molar-refractivity contribution in [2.75, 3.05) is 19.0 Å². The number of rotatable bonds is 4. The predicted molar refractivity (Wildman–Crippen MR) is 124 cm³/mol. The van der Waals surface area contributed by atoms with E-state index in [1.807, 2.05) is 23.1 Å². The van der Waals surface area contributed by atoms with Gasteiger partial charge in [-0.15, -0.1) is 11.3 Å². The number of ether oxygens (including phenoxy) is 1. The lowest BCUT2D eigenvalue weighted by Gasteiger charge is -2.36. The minimum atomic E-state index is -0.398. The molecule has 31 heavy (non-hydrogen) atoms. The maximum atomic E-state index is 13.3. The first-order valence-corrected chi connectivity index (χ1v) is 11.3.